The molecule has 0 aromatic heterocycles. The first-order valence-electron chi connectivity index (χ1n) is 15.2. The molecule has 1 aliphatic heterocycles. The first kappa shape index (κ1) is 30.2. The van der Waals surface area contributed by atoms with Gasteiger partial charge in [0.05, 0.1) is 47.9 Å². The highest BCUT2D eigenvalue weighted by molar-refractivity contribution is 5.89. The maximum Gasteiger partial charge on any atom is 0.338 e. The summed E-state index contributed by atoms with van der Waals surface area (Å²) in [6, 6.07) is 7.86. The molecular formula is C32H41NO11. The lowest BCUT2D eigenvalue weighted by molar-refractivity contribution is -0.305. The molecule has 7 bridgehead atoms. The molecule has 1 heterocycles. The number of aliphatic imine (C=N–C) groups is 1. The van der Waals surface area contributed by atoms with Gasteiger partial charge in [-0.2, -0.15) is 0 Å². The second-order valence-corrected chi connectivity index (χ2v) is 13.5. The number of aliphatic hydroxyl groups is 3. The van der Waals surface area contributed by atoms with E-state index in [-0.39, 0.29) is 25.0 Å². The fourth-order valence-corrected chi connectivity index (χ4v) is 11.3. The number of hydrogen-bond donors (Lipinski definition) is 3. The number of nitrogens with zero attached hydrogens (tertiary/aromatic N) is 1. The van der Waals surface area contributed by atoms with Crippen molar-refractivity contribution in [2.45, 2.75) is 73.6 Å². The Labute approximate surface area is 255 Å². The van der Waals surface area contributed by atoms with Gasteiger partial charge in [-0.1, -0.05) is 18.2 Å². The molecule has 0 radical (unpaired) electrons. The van der Waals surface area contributed by atoms with E-state index in [0.717, 1.165) is 0 Å². The molecule has 12 heteroatoms. The first-order valence-corrected chi connectivity index (χ1v) is 15.2. The number of fused-ring (bicyclic) bond motifs is 2. The molecule has 44 heavy (non-hydrogen) atoms. The van der Waals surface area contributed by atoms with Crippen molar-refractivity contribution in [3.05, 3.63) is 35.9 Å². The molecule has 1 aromatic carbocycles. The van der Waals surface area contributed by atoms with Crippen LogP contribution in [0.4, 0.5) is 0 Å². The SMILES string of the molecule is COC[C@]12C=N[C@@H]3[C@@H]4[C@H](OC)[C@H]1[C@@]3([C@@H](OC)C[C@H]2O)[C@@H]1C[C@@]2(O)[C@H](OC(=O)c3ccccc3)[C@@H]1[C@]4(OC(C)=O)[C@@H](O)[C@@H]2OC. The standard InChI is InChI=1S/C32H41NO11/c1-15(34)44-32-20-17(12-30(38,27(42-5)25(32)36)26(20)43-28(37)16-9-7-6-8-10-16)31-19(40-3)11-18(35)29(14-39-2)13-33-24(31)21(32)22(41-4)23(29)31/h6-10,13,17-27,35-36,38H,11-12,14H2,1-5H3/t17-,18-,19+,20-,21+,22+,23-,24-,25+,26-,27+,29+,30-,31+,32-/m1/s1. The van der Waals surface area contributed by atoms with Gasteiger partial charge in [-0.15, -0.1) is 0 Å². The van der Waals surface area contributed by atoms with Gasteiger partial charge in [0.1, 0.15) is 23.9 Å². The number of ether oxygens (including phenoxy) is 6. The molecule has 240 valence electrons. The first-order chi connectivity index (χ1) is 21.0. The van der Waals surface area contributed by atoms with Crippen LogP contribution in [0.15, 0.2) is 35.3 Å². The van der Waals surface area contributed by atoms with Crippen molar-refractivity contribution in [3.8, 4) is 0 Å². The van der Waals surface area contributed by atoms with E-state index in [9.17, 15) is 24.9 Å². The molecule has 12 nitrogen and oxygen atoms in total. The maximum atomic E-state index is 13.6. The van der Waals surface area contributed by atoms with Crippen molar-refractivity contribution < 1.29 is 53.3 Å². The molecular weight excluding hydrogens is 574 g/mol. The van der Waals surface area contributed by atoms with Crippen LogP contribution in [0.2, 0.25) is 0 Å². The molecule has 5 aliphatic carbocycles. The Morgan fingerprint density at radius 1 is 1.00 bits per heavy atom. The predicted octanol–water partition coefficient (Wildman–Crippen LogP) is 0.397. The third-order valence-electron chi connectivity index (χ3n) is 12.2. The highest BCUT2D eigenvalue weighted by Gasteiger charge is 2.91. The summed E-state index contributed by atoms with van der Waals surface area (Å²) in [5.41, 5.74) is -5.16. The summed E-state index contributed by atoms with van der Waals surface area (Å²) in [6.07, 6.45) is -4.13. The molecule has 5 saturated carbocycles. The Balaban J connectivity index is 1.50. The molecule has 0 saturated heterocycles. The van der Waals surface area contributed by atoms with Crippen molar-refractivity contribution in [1.82, 2.24) is 0 Å². The van der Waals surface area contributed by atoms with Crippen molar-refractivity contribution >= 4 is 18.2 Å². The van der Waals surface area contributed by atoms with Crippen LogP contribution in [0.1, 0.15) is 30.1 Å². The minimum atomic E-state index is -1.85. The summed E-state index contributed by atoms with van der Waals surface area (Å²) in [4.78, 5) is 31.8. The topological polar surface area (TPSA) is 163 Å². The summed E-state index contributed by atoms with van der Waals surface area (Å²) in [5, 5.41) is 36.7. The van der Waals surface area contributed by atoms with Crippen molar-refractivity contribution in [2.75, 3.05) is 35.0 Å². The average molecular weight is 616 g/mol. The number of hydrogen-bond acceptors (Lipinski definition) is 12. The zero-order valence-corrected chi connectivity index (χ0v) is 25.5. The molecule has 5 fully saturated rings. The van der Waals surface area contributed by atoms with Crippen molar-refractivity contribution in [2.24, 2.45) is 39.5 Å². The second-order valence-electron chi connectivity index (χ2n) is 13.5. The quantitative estimate of drug-likeness (QED) is 0.347. The van der Waals surface area contributed by atoms with Gasteiger partial charge in [0.2, 0.25) is 0 Å². The number of aliphatic hydroxyl groups excluding tert-OH is 2. The van der Waals surface area contributed by atoms with Crippen LogP contribution >= 0.6 is 0 Å². The molecule has 3 N–H and O–H groups in total. The summed E-state index contributed by atoms with van der Waals surface area (Å²) >= 11 is 0. The Hall–Kier alpha value is -2.45. The number of rotatable bonds is 8. The van der Waals surface area contributed by atoms with E-state index in [4.69, 9.17) is 33.4 Å². The third kappa shape index (κ3) is 3.30. The number of esters is 2. The Bertz CT molecular complexity index is 1360. The third-order valence-corrected chi connectivity index (χ3v) is 12.2. The monoisotopic (exact) mass is 615 g/mol. The molecule has 15 atom stereocenters. The van der Waals surface area contributed by atoms with Crippen LogP contribution in [-0.4, -0.2) is 122 Å². The molecule has 6 aliphatic rings. The molecule has 7 rings (SSSR count). The molecule has 1 spiro atoms. The Kier molecular flexibility index (Phi) is 6.88. The van der Waals surface area contributed by atoms with E-state index in [1.165, 1.54) is 14.0 Å². The van der Waals surface area contributed by atoms with Gasteiger partial charge < -0.3 is 43.7 Å². The lowest BCUT2D eigenvalue weighted by Crippen LogP contribution is -2.78. The van der Waals surface area contributed by atoms with Gasteiger partial charge in [-0.05, 0) is 24.5 Å². The van der Waals surface area contributed by atoms with Crippen molar-refractivity contribution in [3.63, 3.8) is 0 Å². The number of methoxy groups -OCH3 is 4. The molecule has 0 unspecified atom stereocenters. The van der Waals surface area contributed by atoms with Crippen LogP contribution in [0.3, 0.4) is 0 Å². The van der Waals surface area contributed by atoms with Crippen molar-refractivity contribution in [1.29, 1.82) is 0 Å². The Morgan fingerprint density at radius 3 is 2.34 bits per heavy atom. The number of carbonyl (C=O) groups excluding carboxylic acids is 2. The van der Waals surface area contributed by atoms with Crippen LogP contribution in [-0.2, 0) is 33.2 Å². The average Bonchev–Trinajstić information content (AvgIpc) is 3.35. The van der Waals surface area contributed by atoms with Gasteiger partial charge in [-0.25, -0.2) is 4.79 Å². The van der Waals surface area contributed by atoms with Crippen LogP contribution < -0.4 is 0 Å². The zero-order chi connectivity index (χ0) is 31.4. The fraction of sp³-hybridized carbons (Fsp3) is 0.719. The van der Waals surface area contributed by atoms with Crippen LogP contribution in [0.5, 0.6) is 0 Å². The fourth-order valence-electron chi connectivity index (χ4n) is 11.3. The van der Waals surface area contributed by atoms with Gasteiger partial charge in [0.15, 0.2) is 5.60 Å². The van der Waals surface area contributed by atoms with Gasteiger partial charge in [0.25, 0.3) is 0 Å². The summed E-state index contributed by atoms with van der Waals surface area (Å²) in [7, 11) is 6.08. The minimum absolute atomic E-state index is 0.0354. The van der Waals surface area contributed by atoms with Crippen LogP contribution in [0, 0.1) is 34.5 Å². The van der Waals surface area contributed by atoms with E-state index in [1.54, 1.807) is 57.9 Å². The highest BCUT2D eigenvalue weighted by atomic mass is 16.6. The normalized spacial score (nSPS) is 50.8. The van der Waals surface area contributed by atoms with E-state index < -0.39 is 100 Å². The van der Waals surface area contributed by atoms with E-state index in [0.29, 0.717) is 0 Å². The van der Waals surface area contributed by atoms with E-state index >= 15 is 0 Å². The second kappa shape index (κ2) is 10.0. The molecule has 0 amide bonds. The van der Waals surface area contributed by atoms with Crippen LogP contribution in [0.25, 0.3) is 0 Å². The zero-order valence-electron chi connectivity index (χ0n) is 25.5. The number of benzene rings is 1. The maximum absolute atomic E-state index is 13.6. The summed E-state index contributed by atoms with van der Waals surface area (Å²) < 4.78 is 36.7. The van der Waals surface area contributed by atoms with E-state index in [2.05, 4.69) is 0 Å². The summed E-state index contributed by atoms with van der Waals surface area (Å²) in [5.74, 6) is -3.99. The Morgan fingerprint density at radius 2 is 1.73 bits per heavy atom. The lowest BCUT2D eigenvalue weighted by atomic mass is 9.43. The smallest absolute Gasteiger partial charge is 0.338 e. The van der Waals surface area contributed by atoms with Gasteiger partial charge in [0, 0.05) is 65.2 Å². The number of carbonyl (C=O) groups is 2. The lowest BCUT2D eigenvalue weighted by Gasteiger charge is -2.65. The van der Waals surface area contributed by atoms with E-state index in [1.807, 2.05) is 0 Å². The van der Waals surface area contributed by atoms with Gasteiger partial charge >= 0.3 is 11.9 Å². The largest absolute Gasteiger partial charge is 0.455 e. The highest BCUT2D eigenvalue weighted by Crippen LogP contribution is 2.79. The molecule has 1 aromatic rings. The minimum Gasteiger partial charge on any atom is -0.455 e. The van der Waals surface area contributed by atoms with Gasteiger partial charge in [-0.3, -0.25) is 9.79 Å². The summed E-state index contributed by atoms with van der Waals surface area (Å²) in [6.45, 7) is 1.40. The predicted molar refractivity (Wildman–Crippen MR) is 152 cm³/mol.